The molecule has 1 aromatic carbocycles. The first-order valence-corrected chi connectivity index (χ1v) is 6.89. The van der Waals surface area contributed by atoms with E-state index in [-0.39, 0.29) is 0 Å². The maximum atomic E-state index is 6.02. The van der Waals surface area contributed by atoms with Gasteiger partial charge in [0.25, 0.3) is 0 Å². The molecule has 2 nitrogen and oxygen atoms in total. The van der Waals surface area contributed by atoms with Gasteiger partial charge >= 0.3 is 0 Å². The molecule has 0 aliphatic rings. The molecule has 1 unspecified atom stereocenters. The number of nitrogens with two attached hydrogens (primary N) is 2. The van der Waals surface area contributed by atoms with Crippen LogP contribution in [0.15, 0.2) is 42.1 Å². The minimum atomic E-state index is 0.383. The quantitative estimate of drug-likeness (QED) is 0.766. The molecule has 1 aromatic rings. The molecule has 0 aromatic heterocycles. The van der Waals surface area contributed by atoms with Crippen LogP contribution in [0.1, 0.15) is 49.8 Å². The molecule has 0 aliphatic carbocycles. The predicted molar refractivity (Wildman–Crippen MR) is 83.8 cm³/mol. The van der Waals surface area contributed by atoms with Gasteiger partial charge in [-0.05, 0) is 37.0 Å². The highest BCUT2D eigenvalue weighted by Gasteiger charge is 2.10. The Balaban J connectivity index is 3.09. The number of rotatable bonds is 6. The smallest absolute Gasteiger partial charge is 0.0181 e. The zero-order chi connectivity index (χ0) is 14.4. The standard InChI is InChI=1S/C17H26N2/c1-5-14(6-2)16-8-7-13(9-15(16)11-18)10-17(19)12(3)4/h5,7-9,14H,1,6,10-11,18-19H2,2-4H3. The molecule has 4 N–H and O–H groups in total. The Morgan fingerprint density at radius 2 is 2.05 bits per heavy atom. The van der Waals surface area contributed by atoms with Crippen molar-refractivity contribution >= 4 is 0 Å². The molecule has 2 heteroatoms. The second-order valence-electron chi connectivity index (χ2n) is 5.19. The van der Waals surface area contributed by atoms with Gasteiger partial charge < -0.3 is 11.5 Å². The molecule has 19 heavy (non-hydrogen) atoms. The van der Waals surface area contributed by atoms with Gasteiger partial charge in [0.05, 0.1) is 0 Å². The molecular weight excluding hydrogens is 232 g/mol. The Morgan fingerprint density at radius 3 is 2.53 bits per heavy atom. The van der Waals surface area contributed by atoms with Gasteiger partial charge in [0.15, 0.2) is 0 Å². The van der Waals surface area contributed by atoms with E-state index in [0.29, 0.717) is 12.5 Å². The zero-order valence-electron chi connectivity index (χ0n) is 12.4. The topological polar surface area (TPSA) is 52.0 Å². The van der Waals surface area contributed by atoms with Crippen molar-refractivity contribution in [1.82, 2.24) is 0 Å². The maximum Gasteiger partial charge on any atom is 0.0181 e. The van der Waals surface area contributed by atoms with Crippen LogP contribution in [-0.2, 0) is 13.0 Å². The number of hydrogen-bond donors (Lipinski definition) is 2. The van der Waals surface area contributed by atoms with Gasteiger partial charge in [0, 0.05) is 24.6 Å². The zero-order valence-corrected chi connectivity index (χ0v) is 12.4. The molecule has 1 atom stereocenters. The second kappa shape index (κ2) is 7.15. The van der Waals surface area contributed by atoms with Gasteiger partial charge in [0.1, 0.15) is 0 Å². The fraction of sp³-hybridized carbons (Fsp3) is 0.412. The van der Waals surface area contributed by atoms with Crippen LogP contribution >= 0.6 is 0 Å². The normalized spacial score (nSPS) is 12.0. The van der Waals surface area contributed by atoms with Crippen LogP contribution in [0.25, 0.3) is 0 Å². The number of hydrogen-bond acceptors (Lipinski definition) is 2. The van der Waals surface area contributed by atoms with E-state index in [9.17, 15) is 0 Å². The van der Waals surface area contributed by atoms with Crippen molar-refractivity contribution in [3.63, 3.8) is 0 Å². The molecular formula is C17H26N2. The molecule has 104 valence electrons. The van der Waals surface area contributed by atoms with Crippen LogP contribution < -0.4 is 11.5 Å². The Labute approximate surface area is 117 Å². The lowest BCUT2D eigenvalue weighted by molar-refractivity contribution is 0.789. The third-order valence-corrected chi connectivity index (χ3v) is 3.59. The van der Waals surface area contributed by atoms with Gasteiger partial charge in [-0.15, -0.1) is 6.58 Å². The summed E-state index contributed by atoms with van der Waals surface area (Å²) >= 11 is 0. The van der Waals surface area contributed by atoms with Crippen LogP contribution in [0.4, 0.5) is 0 Å². The van der Waals surface area contributed by atoms with Crippen molar-refractivity contribution in [1.29, 1.82) is 0 Å². The Hall–Kier alpha value is -1.54. The largest absolute Gasteiger partial charge is 0.402 e. The van der Waals surface area contributed by atoms with Crippen LogP contribution in [0.2, 0.25) is 0 Å². The van der Waals surface area contributed by atoms with Crippen molar-refractivity contribution < 1.29 is 0 Å². The molecule has 0 saturated carbocycles. The van der Waals surface area contributed by atoms with E-state index in [2.05, 4.69) is 31.7 Å². The lowest BCUT2D eigenvalue weighted by Crippen LogP contribution is -2.08. The molecule has 1 rings (SSSR count). The summed E-state index contributed by atoms with van der Waals surface area (Å²) in [6.07, 6.45) is 3.84. The second-order valence-corrected chi connectivity index (χ2v) is 5.19. The molecule has 0 heterocycles. The first-order valence-electron chi connectivity index (χ1n) is 6.89. The molecule has 0 fully saturated rings. The number of benzene rings is 1. The average Bonchev–Trinajstić information content (AvgIpc) is 2.41. The summed E-state index contributed by atoms with van der Waals surface area (Å²) in [7, 11) is 0. The fourth-order valence-electron chi connectivity index (χ4n) is 2.22. The highest BCUT2D eigenvalue weighted by molar-refractivity contribution is 5.37. The molecule has 0 spiro atoms. The van der Waals surface area contributed by atoms with E-state index in [0.717, 1.165) is 18.5 Å². The van der Waals surface area contributed by atoms with E-state index in [1.165, 1.54) is 22.3 Å². The fourth-order valence-corrected chi connectivity index (χ4v) is 2.22. The Morgan fingerprint density at radius 1 is 1.37 bits per heavy atom. The van der Waals surface area contributed by atoms with E-state index < -0.39 is 0 Å². The van der Waals surface area contributed by atoms with Crippen molar-refractivity contribution in [2.75, 3.05) is 0 Å². The predicted octanol–water partition coefficient (Wildman–Crippen LogP) is 3.62. The summed E-state index contributed by atoms with van der Waals surface area (Å²) in [6, 6.07) is 6.50. The summed E-state index contributed by atoms with van der Waals surface area (Å²) in [5, 5.41) is 0. The summed E-state index contributed by atoms with van der Waals surface area (Å²) in [6.45, 7) is 10.7. The van der Waals surface area contributed by atoms with E-state index in [1.807, 2.05) is 19.9 Å². The van der Waals surface area contributed by atoms with E-state index in [1.54, 1.807) is 0 Å². The highest BCUT2D eigenvalue weighted by Crippen LogP contribution is 2.25. The van der Waals surface area contributed by atoms with Gasteiger partial charge in [0.2, 0.25) is 0 Å². The van der Waals surface area contributed by atoms with E-state index in [4.69, 9.17) is 11.5 Å². The van der Waals surface area contributed by atoms with Crippen LogP contribution in [0.3, 0.4) is 0 Å². The van der Waals surface area contributed by atoms with Crippen molar-refractivity contribution in [3.8, 4) is 0 Å². The van der Waals surface area contributed by atoms with Crippen molar-refractivity contribution in [3.05, 3.63) is 58.8 Å². The van der Waals surface area contributed by atoms with Crippen LogP contribution in [-0.4, -0.2) is 0 Å². The summed E-state index contributed by atoms with van der Waals surface area (Å²) < 4.78 is 0. The van der Waals surface area contributed by atoms with Crippen molar-refractivity contribution in [2.24, 2.45) is 11.5 Å². The summed E-state index contributed by atoms with van der Waals surface area (Å²) in [5.74, 6) is 0.383. The monoisotopic (exact) mass is 258 g/mol. The summed E-state index contributed by atoms with van der Waals surface area (Å²) in [5.41, 5.74) is 17.7. The van der Waals surface area contributed by atoms with Crippen LogP contribution in [0.5, 0.6) is 0 Å². The average molecular weight is 258 g/mol. The minimum Gasteiger partial charge on any atom is -0.402 e. The third-order valence-electron chi connectivity index (χ3n) is 3.59. The van der Waals surface area contributed by atoms with Gasteiger partial charge in [-0.25, -0.2) is 0 Å². The first-order chi connectivity index (χ1) is 9.03. The minimum absolute atomic E-state index is 0.383. The van der Waals surface area contributed by atoms with Crippen LogP contribution in [0, 0.1) is 0 Å². The molecule has 0 radical (unpaired) electrons. The first kappa shape index (κ1) is 15.5. The van der Waals surface area contributed by atoms with Gasteiger partial charge in [-0.1, -0.05) is 36.8 Å². The highest BCUT2D eigenvalue weighted by atomic mass is 14.6. The third kappa shape index (κ3) is 3.97. The molecule has 0 amide bonds. The lowest BCUT2D eigenvalue weighted by atomic mass is 9.90. The Kier molecular flexibility index (Phi) is 5.84. The molecule has 0 saturated heterocycles. The maximum absolute atomic E-state index is 6.02. The number of allylic oxidation sites excluding steroid dienone is 3. The molecule has 0 aliphatic heterocycles. The van der Waals surface area contributed by atoms with Gasteiger partial charge in [-0.2, -0.15) is 0 Å². The molecule has 0 bridgehead atoms. The van der Waals surface area contributed by atoms with Gasteiger partial charge in [-0.3, -0.25) is 0 Å². The van der Waals surface area contributed by atoms with Crippen molar-refractivity contribution in [2.45, 2.75) is 46.1 Å². The Bertz CT molecular complexity index is 468. The summed E-state index contributed by atoms with van der Waals surface area (Å²) in [4.78, 5) is 0. The SMILES string of the molecule is C=CC(CC)c1ccc(CC(N)=C(C)C)cc1CN. The van der Waals surface area contributed by atoms with E-state index >= 15 is 0 Å². The lowest BCUT2D eigenvalue weighted by Gasteiger charge is -2.16.